The number of aliphatic hydroxyl groups is 1. The van der Waals surface area contributed by atoms with Gasteiger partial charge in [-0.2, -0.15) is 0 Å². The number of methoxy groups -OCH3 is 1. The lowest BCUT2D eigenvalue weighted by Gasteiger charge is -2.18. The van der Waals surface area contributed by atoms with E-state index in [1.165, 1.54) is 18.2 Å². The predicted molar refractivity (Wildman–Crippen MR) is 65.2 cm³/mol. The zero-order valence-electron chi connectivity index (χ0n) is 10.8. The number of nitrogens with zero attached hydrogens (tertiary/aromatic N) is 3. The summed E-state index contributed by atoms with van der Waals surface area (Å²) in [5, 5.41) is 9.27. The van der Waals surface area contributed by atoms with E-state index in [0.29, 0.717) is 17.2 Å². The lowest BCUT2D eigenvalue weighted by atomic mass is 10.1. The molecule has 1 N–H and O–H groups in total. The van der Waals surface area contributed by atoms with Gasteiger partial charge in [-0.15, -0.1) is 0 Å². The van der Waals surface area contributed by atoms with Crippen LogP contribution in [-0.4, -0.2) is 40.6 Å². The van der Waals surface area contributed by atoms with Crippen LogP contribution in [-0.2, 0) is 20.9 Å². The molecule has 0 aromatic carbocycles. The topological polar surface area (TPSA) is 92.6 Å². The van der Waals surface area contributed by atoms with E-state index in [1.807, 2.05) is 0 Å². The van der Waals surface area contributed by atoms with E-state index >= 15 is 0 Å². The zero-order valence-corrected chi connectivity index (χ0v) is 10.8. The van der Waals surface area contributed by atoms with Gasteiger partial charge in [0.1, 0.15) is 11.6 Å². The van der Waals surface area contributed by atoms with Crippen LogP contribution in [0.3, 0.4) is 0 Å². The van der Waals surface area contributed by atoms with Gasteiger partial charge in [-0.25, -0.2) is 9.97 Å². The summed E-state index contributed by atoms with van der Waals surface area (Å²) in [6, 6.07) is 0. The standard InChI is InChI=1S/C12H15N3O4/c1-7-13-4-9(6-16)11(14-7)15-5-8(3-10(15)17)12(18)19-2/h4,8,16H,3,5-6H2,1-2H3. The molecule has 1 aliphatic heterocycles. The van der Waals surface area contributed by atoms with Crippen LogP contribution in [0.5, 0.6) is 0 Å². The van der Waals surface area contributed by atoms with Crippen molar-refractivity contribution in [3.05, 3.63) is 17.6 Å². The number of aliphatic hydroxyl groups excluding tert-OH is 1. The molecule has 1 aromatic rings. The third-order valence-electron chi connectivity index (χ3n) is 3.05. The maximum absolute atomic E-state index is 12.0. The highest BCUT2D eigenvalue weighted by Gasteiger charge is 2.37. The van der Waals surface area contributed by atoms with Crippen LogP contribution in [0, 0.1) is 12.8 Å². The number of aryl methyl sites for hydroxylation is 1. The molecule has 7 nitrogen and oxygen atoms in total. The molecular formula is C12H15N3O4. The van der Waals surface area contributed by atoms with E-state index in [9.17, 15) is 14.7 Å². The summed E-state index contributed by atoms with van der Waals surface area (Å²) in [6.45, 7) is 1.65. The molecule has 7 heteroatoms. The van der Waals surface area contributed by atoms with Gasteiger partial charge in [0.2, 0.25) is 5.91 Å². The molecule has 19 heavy (non-hydrogen) atoms. The van der Waals surface area contributed by atoms with Gasteiger partial charge in [-0.05, 0) is 6.92 Å². The van der Waals surface area contributed by atoms with E-state index in [0.717, 1.165) is 0 Å². The maximum atomic E-state index is 12.0. The zero-order chi connectivity index (χ0) is 14.0. The number of hydrogen-bond acceptors (Lipinski definition) is 6. The van der Waals surface area contributed by atoms with Gasteiger partial charge in [0, 0.05) is 24.7 Å². The normalized spacial score (nSPS) is 18.8. The fourth-order valence-corrected chi connectivity index (χ4v) is 2.07. The molecular weight excluding hydrogens is 250 g/mol. The predicted octanol–water partition coefficient (Wildman–Crippen LogP) is -0.197. The van der Waals surface area contributed by atoms with Crippen LogP contribution in [0.2, 0.25) is 0 Å². The van der Waals surface area contributed by atoms with Gasteiger partial charge < -0.3 is 9.84 Å². The van der Waals surface area contributed by atoms with Crippen LogP contribution in [0.25, 0.3) is 0 Å². The van der Waals surface area contributed by atoms with Crippen molar-refractivity contribution >= 4 is 17.7 Å². The summed E-state index contributed by atoms with van der Waals surface area (Å²) < 4.78 is 4.65. The highest BCUT2D eigenvalue weighted by molar-refractivity contribution is 5.99. The molecule has 1 aliphatic rings. The molecule has 1 aromatic heterocycles. The second kappa shape index (κ2) is 5.31. The highest BCUT2D eigenvalue weighted by atomic mass is 16.5. The minimum absolute atomic E-state index is 0.0978. The number of hydrogen-bond donors (Lipinski definition) is 1. The Morgan fingerprint density at radius 1 is 1.63 bits per heavy atom. The molecule has 2 heterocycles. The number of anilines is 1. The molecule has 0 radical (unpaired) electrons. The van der Waals surface area contributed by atoms with E-state index < -0.39 is 11.9 Å². The Morgan fingerprint density at radius 3 is 3.00 bits per heavy atom. The Kier molecular flexibility index (Phi) is 3.75. The van der Waals surface area contributed by atoms with Crippen LogP contribution >= 0.6 is 0 Å². The third kappa shape index (κ3) is 2.55. The Labute approximate surface area is 110 Å². The van der Waals surface area contributed by atoms with E-state index in [2.05, 4.69) is 14.7 Å². The number of amides is 1. The molecule has 0 saturated carbocycles. The Bertz CT molecular complexity index is 518. The molecule has 1 saturated heterocycles. The lowest BCUT2D eigenvalue weighted by molar-refractivity contribution is -0.145. The molecule has 2 rings (SSSR count). The van der Waals surface area contributed by atoms with Crippen LogP contribution in [0.4, 0.5) is 5.82 Å². The first kappa shape index (κ1) is 13.4. The van der Waals surface area contributed by atoms with Gasteiger partial charge in [0.25, 0.3) is 0 Å². The fourth-order valence-electron chi connectivity index (χ4n) is 2.07. The Balaban J connectivity index is 2.30. The molecule has 1 unspecified atom stereocenters. The van der Waals surface area contributed by atoms with Gasteiger partial charge in [-0.1, -0.05) is 0 Å². The smallest absolute Gasteiger partial charge is 0.311 e. The molecule has 1 fully saturated rings. The number of rotatable bonds is 3. The van der Waals surface area contributed by atoms with Crippen LogP contribution < -0.4 is 4.90 Å². The SMILES string of the molecule is COC(=O)C1CC(=O)N(c2nc(C)ncc2CO)C1. The summed E-state index contributed by atoms with van der Waals surface area (Å²) in [7, 11) is 1.30. The molecule has 0 aliphatic carbocycles. The van der Waals surface area contributed by atoms with Crippen molar-refractivity contribution in [2.75, 3.05) is 18.6 Å². The number of ether oxygens (including phenoxy) is 1. The van der Waals surface area contributed by atoms with Gasteiger partial charge in [0.05, 0.1) is 19.6 Å². The maximum Gasteiger partial charge on any atom is 0.311 e. The Hall–Kier alpha value is -2.02. The molecule has 1 atom stereocenters. The second-order valence-electron chi connectivity index (χ2n) is 4.35. The van der Waals surface area contributed by atoms with Gasteiger partial charge in [0.15, 0.2) is 0 Å². The van der Waals surface area contributed by atoms with Gasteiger partial charge >= 0.3 is 5.97 Å². The summed E-state index contributed by atoms with van der Waals surface area (Å²) in [5.74, 6) is -0.234. The van der Waals surface area contributed by atoms with Crippen LogP contribution in [0.15, 0.2) is 6.20 Å². The first-order valence-corrected chi connectivity index (χ1v) is 5.88. The highest BCUT2D eigenvalue weighted by Crippen LogP contribution is 2.26. The summed E-state index contributed by atoms with van der Waals surface area (Å²) in [5.41, 5.74) is 0.462. The average Bonchev–Trinajstić information content (AvgIpc) is 2.79. The van der Waals surface area contributed by atoms with Gasteiger partial charge in [-0.3, -0.25) is 14.5 Å². The Morgan fingerprint density at radius 2 is 2.37 bits per heavy atom. The van der Waals surface area contributed by atoms with Crippen molar-refractivity contribution in [2.45, 2.75) is 20.0 Å². The van der Waals surface area contributed by atoms with Crippen molar-refractivity contribution in [3.8, 4) is 0 Å². The summed E-state index contributed by atoms with van der Waals surface area (Å²) in [4.78, 5) is 33.0. The minimum Gasteiger partial charge on any atom is -0.469 e. The number of carbonyl (C=O) groups is 2. The minimum atomic E-state index is -0.487. The quantitative estimate of drug-likeness (QED) is 0.761. The number of esters is 1. The fraction of sp³-hybridized carbons (Fsp3) is 0.500. The monoisotopic (exact) mass is 265 g/mol. The van der Waals surface area contributed by atoms with E-state index in [-0.39, 0.29) is 25.5 Å². The van der Waals surface area contributed by atoms with Crippen LogP contribution in [0.1, 0.15) is 17.8 Å². The van der Waals surface area contributed by atoms with Crippen molar-refractivity contribution in [1.82, 2.24) is 9.97 Å². The average molecular weight is 265 g/mol. The second-order valence-corrected chi connectivity index (χ2v) is 4.35. The largest absolute Gasteiger partial charge is 0.469 e. The molecule has 0 bridgehead atoms. The van der Waals surface area contributed by atoms with E-state index in [4.69, 9.17) is 0 Å². The van der Waals surface area contributed by atoms with Crippen molar-refractivity contribution in [3.63, 3.8) is 0 Å². The summed E-state index contributed by atoms with van der Waals surface area (Å²) in [6.07, 6.45) is 1.58. The molecule has 1 amide bonds. The third-order valence-corrected chi connectivity index (χ3v) is 3.05. The number of carbonyl (C=O) groups excluding carboxylic acids is 2. The van der Waals surface area contributed by atoms with Crippen molar-refractivity contribution < 1.29 is 19.4 Å². The van der Waals surface area contributed by atoms with Crippen molar-refractivity contribution in [2.24, 2.45) is 5.92 Å². The first-order chi connectivity index (χ1) is 9.06. The first-order valence-electron chi connectivity index (χ1n) is 5.88. The molecule has 0 spiro atoms. The summed E-state index contributed by atoms with van der Waals surface area (Å²) >= 11 is 0. The number of aromatic nitrogens is 2. The van der Waals surface area contributed by atoms with Crippen molar-refractivity contribution in [1.29, 1.82) is 0 Å². The van der Waals surface area contributed by atoms with E-state index in [1.54, 1.807) is 6.92 Å². The molecule has 102 valence electrons. The lowest BCUT2D eigenvalue weighted by Crippen LogP contribution is -2.28.